The van der Waals surface area contributed by atoms with Crippen LogP contribution in [0.1, 0.15) is 25.8 Å². The summed E-state index contributed by atoms with van der Waals surface area (Å²) >= 11 is 0. The first-order valence-corrected chi connectivity index (χ1v) is 5.06. The summed E-state index contributed by atoms with van der Waals surface area (Å²) in [6.45, 7) is 6.20. The van der Waals surface area contributed by atoms with Gasteiger partial charge in [-0.25, -0.2) is 14.6 Å². The Morgan fingerprint density at radius 1 is 1.20 bits per heavy atom. The number of aromatic nitrogens is 4. The molecule has 0 aliphatic carbocycles. The molecule has 0 unspecified atom stereocenters. The highest BCUT2D eigenvalue weighted by molar-refractivity contribution is 5.11. The van der Waals surface area contributed by atoms with Gasteiger partial charge in [-0.3, -0.25) is 0 Å². The number of nitrogens with zero attached hydrogens (tertiary/aromatic N) is 4. The van der Waals surface area contributed by atoms with Gasteiger partial charge in [-0.05, 0) is 18.6 Å². The molecule has 0 aromatic carbocycles. The van der Waals surface area contributed by atoms with Gasteiger partial charge in [0.15, 0.2) is 0 Å². The lowest BCUT2D eigenvalue weighted by molar-refractivity contribution is 0.805. The highest BCUT2D eigenvalue weighted by atomic mass is 15.3. The second-order valence-electron chi connectivity index (χ2n) is 3.22. The lowest BCUT2D eigenvalue weighted by Gasteiger charge is -1.97. The summed E-state index contributed by atoms with van der Waals surface area (Å²) in [5, 5.41) is 4.01. The minimum Gasteiger partial charge on any atom is -0.219 e. The molecule has 80 valence electrons. The molecule has 0 N–H and O–H groups in total. The third kappa shape index (κ3) is 3.50. The highest BCUT2D eigenvalue weighted by Gasteiger charge is 1.96. The van der Waals surface area contributed by atoms with Crippen LogP contribution in [0.5, 0.6) is 0 Å². The maximum Gasteiger partial charge on any atom is 0.250 e. The van der Waals surface area contributed by atoms with E-state index in [0.717, 1.165) is 5.56 Å². The molecule has 2 rings (SSSR count). The van der Waals surface area contributed by atoms with Gasteiger partial charge >= 0.3 is 0 Å². The Kier molecular flexibility index (Phi) is 4.47. The lowest BCUT2D eigenvalue weighted by atomic mass is 10.4. The third-order valence-corrected chi connectivity index (χ3v) is 1.48. The largest absolute Gasteiger partial charge is 0.250 e. The van der Waals surface area contributed by atoms with Crippen LogP contribution in [-0.4, -0.2) is 19.7 Å². The average molecular weight is 204 g/mol. The van der Waals surface area contributed by atoms with E-state index in [9.17, 15) is 0 Å². The van der Waals surface area contributed by atoms with E-state index in [2.05, 4.69) is 28.9 Å². The van der Waals surface area contributed by atoms with Gasteiger partial charge in [0.05, 0.1) is 0 Å². The summed E-state index contributed by atoms with van der Waals surface area (Å²) < 4.78 is 1.62. The van der Waals surface area contributed by atoms with Crippen LogP contribution in [0.4, 0.5) is 0 Å². The average Bonchev–Trinajstić information content (AvgIpc) is 2.73. The molecule has 0 atom stereocenters. The van der Waals surface area contributed by atoms with Crippen molar-refractivity contribution in [1.82, 2.24) is 19.7 Å². The van der Waals surface area contributed by atoms with Crippen molar-refractivity contribution in [1.29, 1.82) is 0 Å². The van der Waals surface area contributed by atoms with E-state index in [1.54, 1.807) is 23.3 Å². The van der Waals surface area contributed by atoms with Crippen LogP contribution in [0.15, 0.2) is 30.9 Å². The van der Waals surface area contributed by atoms with Crippen molar-refractivity contribution in [2.24, 2.45) is 0 Å². The molecule has 0 fully saturated rings. The van der Waals surface area contributed by atoms with Crippen molar-refractivity contribution in [2.75, 3.05) is 0 Å². The van der Waals surface area contributed by atoms with Gasteiger partial charge in [0.1, 0.15) is 0 Å². The number of aryl methyl sites for hydroxylation is 1. The minimum absolute atomic E-state index is 0.602. The third-order valence-electron chi connectivity index (χ3n) is 1.48. The molecule has 0 aliphatic heterocycles. The number of hydrogen-bond donors (Lipinski definition) is 0. The zero-order valence-electron chi connectivity index (χ0n) is 9.38. The fourth-order valence-corrected chi connectivity index (χ4v) is 0.891. The second kappa shape index (κ2) is 5.90. The molecule has 0 saturated heterocycles. The molecule has 4 nitrogen and oxygen atoms in total. The summed E-state index contributed by atoms with van der Waals surface area (Å²) in [6, 6.07) is 1.84. The van der Waals surface area contributed by atoms with Crippen LogP contribution in [0.3, 0.4) is 0 Å². The van der Waals surface area contributed by atoms with E-state index in [-0.39, 0.29) is 0 Å². The van der Waals surface area contributed by atoms with Crippen LogP contribution in [-0.2, 0) is 0 Å². The van der Waals surface area contributed by atoms with E-state index in [0.29, 0.717) is 5.95 Å². The van der Waals surface area contributed by atoms with Crippen LogP contribution >= 0.6 is 0 Å². The molecule has 0 bridgehead atoms. The van der Waals surface area contributed by atoms with Crippen LogP contribution in [0, 0.1) is 6.92 Å². The first-order valence-electron chi connectivity index (χ1n) is 5.06. The van der Waals surface area contributed by atoms with Crippen LogP contribution < -0.4 is 0 Å². The fraction of sp³-hybridized carbons (Fsp3) is 0.364. The van der Waals surface area contributed by atoms with Crippen molar-refractivity contribution in [3.63, 3.8) is 0 Å². The molecule has 0 spiro atoms. The first kappa shape index (κ1) is 11.4. The lowest BCUT2D eigenvalue weighted by Crippen LogP contribution is -2.00. The molecule has 2 aromatic heterocycles. The van der Waals surface area contributed by atoms with Gasteiger partial charge in [0, 0.05) is 24.8 Å². The van der Waals surface area contributed by atoms with E-state index < -0.39 is 0 Å². The predicted octanol–water partition coefficient (Wildman–Crippen LogP) is 2.39. The van der Waals surface area contributed by atoms with Crippen LogP contribution in [0.25, 0.3) is 5.95 Å². The Morgan fingerprint density at radius 3 is 2.27 bits per heavy atom. The van der Waals surface area contributed by atoms with Crippen molar-refractivity contribution in [3.05, 3.63) is 36.4 Å². The van der Waals surface area contributed by atoms with Crippen molar-refractivity contribution in [3.8, 4) is 5.95 Å². The predicted molar refractivity (Wildman–Crippen MR) is 59.9 cm³/mol. The summed E-state index contributed by atoms with van der Waals surface area (Å²) in [6.07, 6.45) is 8.29. The van der Waals surface area contributed by atoms with Crippen molar-refractivity contribution < 1.29 is 0 Å². The Bertz CT molecular complexity index is 364. The molecule has 2 heterocycles. The Labute approximate surface area is 90.0 Å². The molecule has 0 saturated carbocycles. The van der Waals surface area contributed by atoms with Crippen molar-refractivity contribution in [2.45, 2.75) is 27.2 Å². The molecule has 0 radical (unpaired) electrons. The van der Waals surface area contributed by atoms with E-state index in [1.165, 1.54) is 6.42 Å². The van der Waals surface area contributed by atoms with Crippen LogP contribution in [0.2, 0.25) is 0 Å². The first-order chi connectivity index (χ1) is 7.27. The molecule has 0 amide bonds. The van der Waals surface area contributed by atoms with Gasteiger partial charge in [-0.2, -0.15) is 5.10 Å². The maximum atomic E-state index is 4.11. The highest BCUT2D eigenvalue weighted by Crippen LogP contribution is 1.97. The van der Waals surface area contributed by atoms with Gasteiger partial charge in [0.2, 0.25) is 5.95 Å². The minimum atomic E-state index is 0.602. The summed E-state index contributed by atoms with van der Waals surface area (Å²) in [4.78, 5) is 8.22. The standard InChI is InChI=1S/C8H8N4.C3H8/c1-7-5-9-8(10-6-7)12-4-2-3-11-12;1-3-2/h2-6H,1H3;3H2,1-2H3. The molecule has 2 aromatic rings. The van der Waals surface area contributed by atoms with E-state index >= 15 is 0 Å². The Morgan fingerprint density at radius 2 is 1.80 bits per heavy atom. The SMILES string of the molecule is CCC.Cc1cnc(-n2cccn2)nc1. The van der Waals surface area contributed by atoms with Gasteiger partial charge in [0.25, 0.3) is 0 Å². The van der Waals surface area contributed by atoms with E-state index in [1.807, 2.05) is 19.2 Å². The molecule has 4 heteroatoms. The number of hydrogen-bond acceptors (Lipinski definition) is 3. The summed E-state index contributed by atoms with van der Waals surface area (Å²) in [7, 11) is 0. The van der Waals surface area contributed by atoms with E-state index in [4.69, 9.17) is 0 Å². The molecule has 15 heavy (non-hydrogen) atoms. The smallest absolute Gasteiger partial charge is 0.219 e. The van der Waals surface area contributed by atoms with Gasteiger partial charge < -0.3 is 0 Å². The van der Waals surface area contributed by atoms with Gasteiger partial charge in [-0.1, -0.05) is 20.3 Å². The quantitative estimate of drug-likeness (QED) is 0.716. The molecular formula is C11H16N4. The normalized spacial score (nSPS) is 9.27. The van der Waals surface area contributed by atoms with Crippen molar-refractivity contribution >= 4 is 0 Å². The topological polar surface area (TPSA) is 43.6 Å². The molecular weight excluding hydrogens is 188 g/mol. The zero-order chi connectivity index (χ0) is 11.1. The zero-order valence-corrected chi connectivity index (χ0v) is 9.38. The summed E-state index contributed by atoms with van der Waals surface area (Å²) in [5.74, 6) is 0.602. The Hall–Kier alpha value is -1.71. The Balaban J connectivity index is 0.000000337. The maximum absolute atomic E-state index is 4.11. The fourth-order valence-electron chi connectivity index (χ4n) is 0.891. The molecule has 0 aliphatic rings. The summed E-state index contributed by atoms with van der Waals surface area (Å²) in [5.41, 5.74) is 1.05. The number of rotatable bonds is 1. The monoisotopic (exact) mass is 204 g/mol. The van der Waals surface area contributed by atoms with Gasteiger partial charge in [-0.15, -0.1) is 0 Å². The second-order valence-corrected chi connectivity index (χ2v) is 3.22.